The fourth-order valence-electron chi connectivity index (χ4n) is 5.48. The molecule has 5 heterocycles. The minimum Gasteiger partial charge on any atom is -0.353 e. The van der Waals surface area contributed by atoms with Crippen LogP contribution in [0.2, 0.25) is 0 Å². The maximum absolute atomic E-state index is 12.1. The lowest BCUT2D eigenvalue weighted by Gasteiger charge is -2.32. The van der Waals surface area contributed by atoms with Crippen LogP contribution in [0.3, 0.4) is 0 Å². The topological polar surface area (TPSA) is 99.5 Å². The normalized spacial score (nSPS) is 24.2. The molecule has 2 saturated heterocycles. The number of fused-ring (bicyclic) bond motifs is 2. The van der Waals surface area contributed by atoms with Crippen LogP contribution >= 0.6 is 0 Å². The molecule has 3 aliphatic heterocycles. The zero-order valence-corrected chi connectivity index (χ0v) is 18.5. The van der Waals surface area contributed by atoms with Crippen LogP contribution in [-0.4, -0.2) is 51.7 Å². The fourth-order valence-corrected chi connectivity index (χ4v) is 5.48. The van der Waals surface area contributed by atoms with Crippen LogP contribution in [0.25, 0.3) is 5.65 Å². The number of nitrogens with one attached hydrogen (secondary N) is 3. The minimum absolute atomic E-state index is 0.0436. The number of hydrogen-bond donors (Lipinski definition) is 3. The Morgan fingerprint density at radius 2 is 2.12 bits per heavy atom. The Morgan fingerprint density at radius 1 is 1.22 bits per heavy atom. The van der Waals surface area contributed by atoms with Crippen molar-refractivity contribution in [2.45, 2.75) is 38.5 Å². The summed E-state index contributed by atoms with van der Waals surface area (Å²) in [5.41, 5.74) is 3.75. The van der Waals surface area contributed by atoms with Gasteiger partial charge in [0.15, 0.2) is 11.5 Å². The van der Waals surface area contributed by atoms with Gasteiger partial charge in [-0.05, 0) is 37.1 Å². The average Bonchev–Trinajstić information content (AvgIpc) is 3.47. The number of carbonyl (C=O) groups excluding carboxylic acids is 1. The number of carbonyl (C=O) groups is 1. The number of benzene rings is 1. The molecule has 2 fully saturated rings. The molecule has 3 aliphatic rings. The summed E-state index contributed by atoms with van der Waals surface area (Å²) in [6, 6.07) is 6.04. The van der Waals surface area contributed by atoms with E-state index in [4.69, 9.17) is 4.98 Å². The number of aromatic nitrogens is 4. The van der Waals surface area contributed by atoms with Crippen LogP contribution in [0.1, 0.15) is 38.7 Å². The van der Waals surface area contributed by atoms with Crippen molar-refractivity contribution in [3.05, 3.63) is 36.2 Å². The van der Waals surface area contributed by atoms with Crippen LogP contribution in [0.4, 0.5) is 23.1 Å². The van der Waals surface area contributed by atoms with Gasteiger partial charge in [0.2, 0.25) is 11.9 Å². The Morgan fingerprint density at radius 3 is 2.97 bits per heavy atom. The lowest BCUT2D eigenvalue weighted by Crippen LogP contribution is -2.32. The molecule has 3 aromatic rings. The highest BCUT2D eigenvalue weighted by Gasteiger charge is 2.41. The average molecular weight is 433 g/mol. The summed E-state index contributed by atoms with van der Waals surface area (Å²) in [4.78, 5) is 23.9. The zero-order valence-electron chi connectivity index (χ0n) is 18.5. The lowest BCUT2D eigenvalue weighted by molar-refractivity contribution is -0.117. The molecule has 1 aromatic carbocycles. The minimum atomic E-state index is -0.181. The van der Waals surface area contributed by atoms with Crippen LogP contribution in [0, 0.1) is 5.41 Å². The van der Waals surface area contributed by atoms with Gasteiger partial charge >= 0.3 is 0 Å². The molecular weight excluding hydrogens is 404 g/mol. The third-order valence-electron chi connectivity index (χ3n) is 7.19. The van der Waals surface area contributed by atoms with Crippen molar-refractivity contribution in [2.75, 3.05) is 41.7 Å². The molecule has 0 radical (unpaired) electrons. The highest BCUT2D eigenvalue weighted by Crippen LogP contribution is 2.40. The lowest BCUT2D eigenvalue weighted by atomic mass is 9.78. The number of hydrogen-bond acceptors (Lipinski definition) is 7. The second-order valence-corrected chi connectivity index (χ2v) is 10.0. The molecule has 0 bridgehead atoms. The molecule has 6 rings (SSSR count). The van der Waals surface area contributed by atoms with Gasteiger partial charge < -0.3 is 20.9 Å². The van der Waals surface area contributed by atoms with Crippen molar-refractivity contribution in [2.24, 2.45) is 5.41 Å². The van der Waals surface area contributed by atoms with Gasteiger partial charge in [-0.2, -0.15) is 4.98 Å². The summed E-state index contributed by atoms with van der Waals surface area (Å²) in [5, 5.41) is 14.4. The number of rotatable bonds is 3. The summed E-state index contributed by atoms with van der Waals surface area (Å²) in [6.45, 7) is 8.37. The molecule has 0 saturated carbocycles. The molecule has 1 amide bonds. The third kappa shape index (κ3) is 3.19. The summed E-state index contributed by atoms with van der Waals surface area (Å²) < 4.78 is 1.78. The molecule has 9 heteroatoms. The molecule has 2 aromatic heterocycles. The standard InChI is InChI=1S/C23H28N8O/c1-22(2)12-18(32)27-17-11-15(3-4-16(17)22)26-21-28-20-19(25-8-10-31(20)29-21)30-9-6-23(14-30)5-7-24-13-23/h3-4,8,10-11,24H,5-7,9,12-14H2,1-2H3,(H,26,29)(H,27,32). The van der Waals surface area contributed by atoms with E-state index in [-0.39, 0.29) is 11.3 Å². The van der Waals surface area contributed by atoms with Crippen molar-refractivity contribution < 1.29 is 4.79 Å². The first-order valence-electron chi connectivity index (χ1n) is 11.3. The van der Waals surface area contributed by atoms with Crippen LogP contribution in [0.15, 0.2) is 30.6 Å². The first-order valence-corrected chi connectivity index (χ1v) is 11.3. The monoisotopic (exact) mass is 432 g/mol. The van der Waals surface area contributed by atoms with Gasteiger partial charge in [-0.3, -0.25) is 4.79 Å². The SMILES string of the molecule is CC1(C)CC(=O)Nc2cc(Nc3nc4c(N5CCC6(CCNC6)C5)nccn4n3)ccc21. The smallest absolute Gasteiger partial charge is 0.247 e. The van der Waals surface area contributed by atoms with Crippen molar-refractivity contribution in [1.82, 2.24) is 24.9 Å². The molecule has 166 valence electrons. The maximum Gasteiger partial charge on any atom is 0.247 e. The highest BCUT2D eigenvalue weighted by atomic mass is 16.1. The predicted octanol–water partition coefficient (Wildman–Crippen LogP) is 2.68. The summed E-state index contributed by atoms with van der Waals surface area (Å²) in [7, 11) is 0. The molecular formula is C23H28N8O. The molecule has 0 aliphatic carbocycles. The number of amides is 1. The maximum atomic E-state index is 12.1. The van der Waals surface area contributed by atoms with E-state index in [0.717, 1.165) is 54.6 Å². The summed E-state index contributed by atoms with van der Waals surface area (Å²) in [6.07, 6.45) is 6.51. The van der Waals surface area contributed by atoms with Crippen molar-refractivity contribution >= 4 is 34.7 Å². The molecule has 32 heavy (non-hydrogen) atoms. The Kier molecular flexibility index (Phi) is 4.20. The molecule has 1 spiro atoms. The summed E-state index contributed by atoms with van der Waals surface area (Å²) in [5.74, 6) is 1.44. The molecule has 3 N–H and O–H groups in total. The van der Waals surface area contributed by atoms with E-state index < -0.39 is 0 Å². The summed E-state index contributed by atoms with van der Waals surface area (Å²) >= 11 is 0. The quantitative estimate of drug-likeness (QED) is 0.585. The first-order chi connectivity index (χ1) is 15.4. The van der Waals surface area contributed by atoms with Crippen molar-refractivity contribution in [3.63, 3.8) is 0 Å². The highest BCUT2D eigenvalue weighted by molar-refractivity contribution is 5.96. The van der Waals surface area contributed by atoms with Gasteiger partial charge in [0.05, 0.1) is 0 Å². The Hall–Kier alpha value is -3.20. The van der Waals surface area contributed by atoms with Gasteiger partial charge in [0.1, 0.15) is 0 Å². The van der Waals surface area contributed by atoms with E-state index in [1.54, 1.807) is 10.7 Å². The van der Waals surface area contributed by atoms with Crippen LogP contribution < -0.4 is 20.9 Å². The Balaban J connectivity index is 1.28. The molecule has 9 nitrogen and oxygen atoms in total. The van der Waals surface area contributed by atoms with E-state index in [0.29, 0.717) is 17.8 Å². The van der Waals surface area contributed by atoms with Gasteiger partial charge in [-0.25, -0.2) is 9.50 Å². The molecule has 1 atom stereocenters. The fraction of sp³-hybridized carbons (Fsp3) is 0.478. The van der Waals surface area contributed by atoms with E-state index in [1.807, 2.05) is 18.3 Å². The van der Waals surface area contributed by atoms with Gasteiger partial charge in [-0.15, -0.1) is 5.10 Å². The number of nitrogens with zero attached hydrogens (tertiary/aromatic N) is 5. The third-order valence-corrected chi connectivity index (χ3v) is 7.19. The van der Waals surface area contributed by atoms with Gasteiger partial charge in [-0.1, -0.05) is 19.9 Å². The Labute approximate surface area is 186 Å². The molecule has 1 unspecified atom stereocenters. The van der Waals surface area contributed by atoms with E-state index in [1.165, 1.54) is 12.8 Å². The largest absolute Gasteiger partial charge is 0.353 e. The van der Waals surface area contributed by atoms with Crippen molar-refractivity contribution in [1.29, 1.82) is 0 Å². The van der Waals surface area contributed by atoms with Crippen molar-refractivity contribution in [3.8, 4) is 0 Å². The van der Waals surface area contributed by atoms with E-state index >= 15 is 0 Å². The zero-order chi connectivity index (χ0) is 21.9. The van der Waals surface area contributed by atoms with Crippen LogP contribution in [-0.2, 0) is 10.2 Å². The first kappa shape index (κ1) is 19.5. The Bertz CT molecular complexity index is 1210. The van der Waals surface area contributed by atoms with E-state index in [2.05, 4.69) is 50.8 Å². The number of anilines is 4. The van der Waals surface area contributed by atoms with E-state index in [9.17, 15) is 4.79 Å². The predicted molar refractivity (Wildman–Crippen MR) is 124 cm³/mol. The second kappa shape index (κ2) is 6.90. The van der Waals surface area contributed by atoms with Gasteiger partial charge in [0, 0.05) is 60.7 Å². The van der Waals surface area contributed by atoms with Gasteiger partial charge in [0.25, 0.3) is 0 Å². The second-order valence-electron chi connectivity index (χ2n) is 10.0. The van der Waals surface area contributed by atoms with Crippen LogP contribution in [0.5, 0.6) is 0 Å².